The first kappa shape index (κ1) is 9.19. The summed E-state index contributed by atoms with van der Waals surface area (Å²) in [5, 5.41) is 1.56. The Hall–Kier alpha value is -0.380. The number of hydrogen-bond acceptors (Lipinski definition) is 2. The van der Waals surface area contributed by atoms with Gasteiger partial charge in [0.25, 0.3) is 0 Å². The van der Waals surface area contributed by atoms with Gasteiger partial charge in [-0.3, -0.25) is 4.79 Å². The quantitative estimate of drug-likeness (QED) is 0.715. The third-order valence-electron chi connectivity index (χ3n) is 1.76. The molecule has 1 aromatic carbocycles. The summed E-state index contributed by atoms with van der Waals surface area (Å²) < 4.78 is 1.95. The van der Waals surface area contributed by atoms with Crippen molar-refractivity contribution < 1.29 is 4.79 Å². The summed E-state index contributed by atoms with van der Waals surface area (Å²) in [6.07, 6.45) is 0.799. The van der Waals surface area contributed by atoms with Crippen molar-refractivity contribution >= 4 is 55.2 Å². The molecule has 2 rings (SSSR count). The zero-order valence-electron chi connectivity index (χ0n) is 6.38. The summed E-state index contributed by atoms with van der Waals surface area (Å²) in [6.45, 7) is 0. The molecule has 0 unspecified atom stereocenters. The highest BCUT2D eigenvalue weighted by molar-refractivity contribution is 9.11. The van der Waals surface area contributed by atoms with Crippen molar-refractivity contribution in [1.29, 1.82) is 0 Å². The molecule has 4 heteroatoms. The van der Waals surface area contributed by atoms with Crippen molar-refractivity contribution in [3.05, 3.63) is 32.6 Å². The summed E-state index contributed by atoms with van der Waals surface area (Å²) in [5.41, 5.74) is 0.579. The lowest BCUT2D eigenvalue weighted by Crippen LogP contribution is -1.80. The van der Waals surface area contributed by atoms with Gasteiger partial charge < -0.3 is 0 Å². The normalized spacial score (nSPS) is 10.6. The van der Waals surface area contributed by atoms with E-state index in [4.69, 9.17) is 11.6 Å². The van der Waals surface area contributed by atoms with Gasteiger partial charge in [0.05, 0.1) is 14.4 Å². The zero-order valence-corrected chi connectivity index (χ0v) is 9.54. The summed E-state index contributed by atoms with van der Waals surface area (Å²) in [4.78, 5) is 10.8. The number of carbonyl (C=O) groups is 1. The Morgan fingerprint density at radius 1 is 1.46 bits per heavy atom. The highest BCUT2D eigenvalue weighted by Crippen LogP contribution is 2.34. The van der Waals surface area contributed by atoms with Crippen LogP contribution >= 0.6 is 38.9 Å². The average molecular weight is 276 g/mol. The minimum atomic E-state index is 0.511. The number of rotatable bonds is 1. The van der Waals surface area contributed by atoms with Gasteiger partial charge in [0.1, 0.15) is 0 Å². The van der Waals surface area contributed by atoms with Crippen molar-refractivity contribution in [2.24, 2.45) is 0 Å². The maximum Gasteiger partial charge on any atom is 0.152 e. The zero-order chi connectivity index (χ0) is 9.42. The number of fused-ring (bicyclic) bond motifs is 1. The molecule has 0 saturated carbocycles. The molecule has 2 aromatic rings. The van der Waals surface area contributed by atoms with Gasteiger partial charge >= 0.3 is 0 Å². The fourth-order valence-electron chi connectivity index (χ4n) is 1.18. The van der Waals surface area contributed by atoms with E-state index in [1.54, 1.807) is 6.07 Å². The first-order chi connectivity index (χ1) is 6.22. The topological polar surface area (TPSA) is 17.1 Å². The first-order valence-electron chi connectivity index (χ1n) is 3.55. The smallest absolute Gasteiger partial charge is 0.152 e. The van der Waals surface area contributed by atoms with Gasteiger partial charge in [0.2, 0.25) is 0 Å². The van der Waals surface area contributed by atoms with Gasteiger partial charge in [-0.2, -0.15) is 0 Å². The molecule has 0 saturated heterocycles. The monoisotopic (exact) mass is 274 g/mol. The lowest BCUT2D eigenvalue weighted by atomic mass is 10.2. The SMILES string of the molecule is O=Cc1c(Cl)ccc2cc(Br)sc12. The molecule has 1 heterocycles. The van der Waals surface area contributed by atoms with E-state index in [2.05, 4.69) is 15.9 Å². The van der Waals surface area contributed by atoms with Crippen LogP contribution in [0.4, 0.5) is 0 Å². The minimum Gasteiger partial charge on any atom is -0.298 e. The summed E-state index contributed by atoms with van der Waals surface area (Å²) in [6, 6.07) is 5.63. The Morgan fingerprint density at radius 3 is 2.92 bits per heavy atom. The Balaban J connectivity index is 2.90. The maximum atomic E-state index is 10.8. The van der Waals surface area contributed by atoms with Gasteiger partial charge in [-0.05, 0) is 33.4 Å². The van der Waals surface area contributed by atoms with Crippen molar-refractivity contribution in [2.45, 2.75) is 0 Å². The van der Waals surface area contributed by atoms with Crippen LogP contribution in [0.2, 0.25) is 5.02 Å². The number of carbonyl (C=O) groups excluding carboxylic acids is 1. The number of benzene rings is 1. The molecule has 0 fully saturated rings. The van der Waals surface area contributed by atoms with Crippen LogP contribution in [0.5, 0.6) is 0 Å². The Kier molecular flexibility index (Phi) is 2.41. The second-order valence-electron chi connectivity index (χ2n) is 2.55. The maximum absolute atomic E-state index is 10.8. The average Bonchev–Trinajstić information content (AvgIpc) is 2.45. The summed E-state index contributed by atoms with van der Waals surface area (Å²) in [5.74, 6) is 0. The van der Waals surface area contributed by atoms with Crippen molar-refractivity contribution in [3.63, 3.8) is 0 Å². The largest absolute Gasteiger partial charge is 0.298 e. The molecule has 0 aliphatic carbocycles. The number of hydrogen-bond donors (Lipinski definition) is 0. The second-order valence-corrected chi connectivity index (χ2v) is 5.39. The second kappa shape index (κ2) is 3.40. The van der Waals surface area contributed by atoms with Crippen molar-refractivity contribution in [3.8, 4) is 0 Å². The van der Waals surface area contributed by atoms with E-state index in [-0.39, 0.29) is 0 Å². The van der Waals surface area contributed by atoms with Gasteiger partial charge in [-0.1, -0.05) is 17.7 Å². The van der Waals surface area contributed by atoms with Crippen molar-refractivity contribution in [1.82, 2.24) is 0 Å². The van der Waals surface area contributed by atoms with E-state index in [1.165, 1.54) is 11.3 Å². The highest BCUT2D eigenvalue weighted by Gasteiger charge is 2.07. The van der Waals surface area contributed by atoms with E-state index in [1.807, 2.05) is 12.1 Å². The molecule has 1 aromatic heterocycles. The van der Waals surface area contributed by atoms with Crippen LogP contribution in [0.3, 0.4) is 0 Å². The third kappa shape index (κ3) is 1.52. The molecule has 0 N–H and O–H groups in total. The molecule has 0 aliphatic heterocycles. The Labute approximate surface area is 92.5 Å². The number of aldehydes is 1. The minimum absolute atomic E-state index is 0.511. The van der Waals surface area contributed by atoms with Crippen LogP contribution in [0.25, 0.3) is 10.1 Å². The fourth-order valence-corrected chi connectivity index (χ4v) is 3.06. The molecular formula is C9H4BrClOS. The third-order valence-corrected chi connectivity index (χ3v) is 3.78. The van der Waals surface area contributed by atoms with Gasteiger partial charge in [-0.25, -0.2) is 0 Å². The Morgan fingerprint density at radius 2 is 2.23 bits per heavy atom. The molecule has 66 valence electrons. The fraction of sp³-hybridized carbons (Fsp3) is 0. The number of thiophene rings is 1. The van der Waals surface area contributed by atoms with Gasteiger partial charge in [0, 0.05) is 4.70 Å². The predicted octanol–water partition coefficient (Wildman–Crippen LogP) is 4.13. The van der Waals surface area contributed by atoms with E-state index < -0.39 is 0 Å². The molecule has 0 bridgehead atoms. The van der Waals surface area contributed by atoms with E-state index >= 15 is 0 Å². The van der Waals surface area contributed by atoms with Crippen molar-refractivity contribution in [2.75, 3.05) is 0 Å². The highest BCUT2D eigenvalue weighted by atomic mass is 79.9. The standard InChI is InChI=1S/C9H4BrClOS/c10-8-3-5-1-2-7(11)6(4-12)9(5)13-8/h1-4H. The van der Waals surface area contributed by atoms with Crippen LogP contribution in [0, 0.1) is 0 Å². The van der Waals surface area contributed by atoms with Gasteiger partial charge in [0.15, 0.2) is 6.29 Å². The molecular weight excluding hydrogens is 272 g/mol. The molecule has 13 heavy (non-hydrogen) atoms. The van der Waals surface area contributed by atoms with Crippen LogP contribution in [-0.2, 0) is 0 Å². The lowest BCUT2D eigenvalue weighted by molar-refractivity contribution is 0.112. The van der Waals surface area contributed by atoms with E-state index in [9.17, 15) is 4.79 Å². The predicted molar refractivity (Wildman–Crippen MR) is 59.9 cm³/mol. The van der Waals surface area contributed by atoms with Crippen LogP contribution in [-0.4, -0.2) is 6.29 Å². The first-order valence-corrected chi connectivity index (χ1v) is 5.54. The molecule has 0 atom stereocenters. The lowest BCUT2D eigenvalue weighted by Gasteiger charge is -1.96. The molecule has 0 amide bonds. The molecule has 1 nitrogen and oxygen atoms in total. The number of halogens is 2. The van der Waals surface area contributed by atoms with Crippen LogP contribution in [0.15, 0.2) is 22.0 Å². The Bertz CT molecular complexity index is 478. The van der Waals surface area contributed by atoms with E-state index in [0.717, 1.165) is 20.2 Å². The molecule has 0 radical (unpaired) electrons. The molecule has 0 spiro atoms. The van der Waals surface area contributed by atoms with Crippen LogP contribution < -0.4 is 0 Å². The molecule has 0 aliphatic rings. The van der Waals surface area contributed by atoms with E-state index in [0.29, 0.717) is 10.6 Å². The van der Waals surface area contributed by atoms with Crippen LogP contribution in [0.1, 0.15) is 10.4 Å². The summed E-state index contributed by atoms with van der Waals surface area (Å²) in [7, 11) is 0. The van der Waals surface area contributed by atoms with Gasteiger partial charge in [-0.15, -0.1) is 11.3 Å². The summed E-state index contributed by atoms with van der Waals surface area (Å²) >= 11 is 10.8.